The second-order valence-corrected chi connectivity index (χ2v) is 15.5. The second kappa shape index (κ2) is 24.2. The highest BCUT2D eigenvalue weighted by atomic mass is 19.1. The molecular formula is C45H52FN9O12. The fraction of sp³-hybridized carbons (Fsp3) is 0.444. The molecule has 1 aromatic carbocycles. The maximum absolute atomic E-state index is 14.6. The largest absolute Gasteiger partial charge is 0.483 e. The van der Waals surface area contributed by atoms with Crippen LogP contribution < -0.4 is 31.3 Å². The standard InChI is InChI=1S/C45H52FN9O12/c46-29(24-50-42(58)32-25-49-38(22-34(32)51-30-5-6-30)53-37-8-4-28-23-47-11-10-33(28)52-37)26-66-21-20-65-19-18-64-17-16-63-15-14-62-13-12-48-40(57)27-67-36-3-1-2-31-41(36)45(61)55(44(31)60)35-7-9-39(56)54-43(35)59/h1-4,8,10-11,22-23,25,29-30,35H,5-7,9,12-21,24,26-27H2,(H,48,57)(H,50,58)(H,54,56,59)(H2,49,51,52,53). The van der Waals surface area contributed by atoms with Crippen LogP contribution in [-0.2, 0) is 38.1 Å². The molecule has 3 aromatic heterocycles. The van der Waals surface area contributed by atoms with Crippen LogP contribution in [0.25, 0.3) is 10.9 Å². The quantitative estimate of drug-likeness (QED) is 0.0404. The molecule has 1 aliphatic carbocycles. The molecule has 7 rings (SSSR count). The molecule has 22 heteroatoms. The number of carbonyl (C=O) groups is 6. The first kappa shape index (κ1) is 48.2. The first-order valence-corrected chi connectivity index (χ1v) is 21.9. The van der Waals surface area contributed by atoms with Crippen LogP contribution in [0.3, 0.4) is 0 Å². The molecule has 5 N–H and O–H groups in total. The van der Waals surface area contributed by atoms with Crippen LogP contribution in [0, 0.1) is 0 Å². The van der Waals surface area contributed by atoms with Gasteiger partial charge in [-0.2, -0.15) is 0 Å². The van der Waals surface area contributed by atoms with Gasteiger partial charge in [-0.1, -0.05) is 6.07 Å². The molecule has 2 unspecified atom stereocenters. The summed E-state index contributed by atoms with van der Waals surface area (Å²) in [6.45, 7) is 1.81. The van der Waals surface area contributed by atoms with Crippen molar-refractivity contribution in [3.05, 3.63) is 77.7 Å². The summed E-state index contributed by atoms with van der Waals surface area (Å²) in [4.78, 5) is 89.3. The normalized spacial score (nSPS) is 16.1. The molecule has 356 valence electrons. The summed E-state index contributed by atoms with van der Waals surface area (Å²) >= 11 is 0. The Bertz CT molecular complexity index is 2410. The van der Waals surface area contributed by atoms with E-state index in [1.54, 1.807) is 18.5 Å². The number of alkyl halides is 1. The maximum Gasteiger partial charge on any atom is 0.266 e. The Morgan fingerprint density at radius 2 is 1.55 bits per heavy atom. The first-order valence-electron chi connectivity index (χ1n) is 21.9. The van der Waals surface area contributed by atoms with Crippen molar-refractivity contribution in [3.8, 4) is 5.75 Å². The Labute approximate surface area is 384 Å². The van der Waals surface area contributed by atoms with Crippen LogP contribution in [-0.4, -0.2) is 159 Å². The van der Waals surface area contributed by atoms with Gasteiger partial charge < -0.3 is 49.7 Å². The molecular weight excluding hydrogens is 878 g/mol. The molecule has 5 heterocycles. The summed E-state index contributed by atoms with van der Waals surface area (Å²) < 4.78 is 47.4. The zero-order valence-electron chi connectivity index (χ0n) is 36.6. The monoisotopic (exact) mass is 929 g/mol. The summed E-state index contributed by atoms with van der Waals surface area (Å²) in [6.07, 6.45) is 5.45. The van der Waals surface area contributed by atoms with Gasteiger partial charge in [0.2, 0.25) is 11.8 Å². The topological polar surface area (TPSA) is 260 Å². The number of aromatic nitrogens is 3. The molecule has 4 aromatic rings. The van der Waals surface area contributed by atoms with Crippen molar-refractivity contribution in [2.75, 3.05) is 96.4 Å². The number of halogens is 1. The molecule has 1 saturated heterocycles. The maximum atomic E-state index is 14.6. The Hall–Kier alpha value is -6.72. The molecule has 3 aliphatic rings. The van der Waals surface area contributed by atoms with Crippen LogP contribution >= 0.6 is 0 Å². The average Bonchev–Trinajstić information content (AvgIpc) is 4.11. The van der Waals surface area contributed by atoms with Crippen LogP contribution in [0.5, 0.6) is 5.75 Å². The number of amides is 6. The average molecular weight is 930 g/mol. The summed E-state index contributed by atoms with van der Waals surface area (Å²) in [5.41, 5.74) is 1.69. The van der Waals surface area contributed by atoms with Crippen molar-refractivity contribution in [3.63, 3.8) is 0 Å². The highest BCUT2D eigenvalue weighted by molar-refractivity contribution is 6.24. The minimum Gasteiger partial charge on any atom is -0.483 e. The summed E-state index contributed by atoms with van der Waals surface area (Å²) in [5.74, 6) is -2.40. The number of ether oxygens (including phenoxy) is 6. The van der Waals surface area contributed by atoms with Gasteiger partial charge in [0, 0.05) is 49.1 Å². The van der Waals surface area contributed by atoms with Crippen molar-refractivity contribution in [1.29, 1.82) is 0 Å². The number of imide groups is 2. The number of hydrogen-bond donors (Lipinski definition) is 5. The van der Waals surface area contributed by atoms with Crippen molar-refractivity contribution in [2.24, 2.45) is 0 Å². The van der Waals surface area contributed by atoms with E-state index >= 15 is 0 Å². The Balaban J connectivity index is 0.660. The molecule has 2 aliphatic heterocycles. The lowest BCUT2D eigenvalue weighted by Gasteiger charge is -2.27. The van der Waals surface area contributed by atoms with Gasteiger partial charge in [0.15, 0.2) is 6.61 Å². The summed E-state index contributed by atoms with van der Waals surface area (Å²) in [5, 5.41) is 14.9. The summed E-state index contributed by atoms with van der Waals surface area (Å²) in [6, 6.07) is 10.8. The van der Waals surface area contributed by atoms with Crippen molar-refractivity contribution < 1.29 is 61.6 Å². The molecule has 67 heavy (non-hydrogen) atoms. The number of carbonyl (C=O) groups excluding carboxylic acids is 6. The van der Waals surface area contributed by atoms with E-state index in [2.05, 4.69) is 41.5 Å². The van der Waals surface area contributed by atoms with E-state index in [1.165, 1.54) is 24.4 Å². The smallest absolute Gasteiger partial charge is 0.266 e. The highest BCUT2D eigenvalue weighted by Gasteiger charge is 2.46. The van der Waals surface area contributed by atoms with E-state index in [-0.39, 0.29) is 81.9 Å². The Morgan fingerprint density at radius 3 is 2.28 bits per heavy atom. The van der Waals surface area contributed by atoms with Gasteiger partial charge in [0.1, 0.15) is 29.6 Å². The molecule has 0 bridgehead atoms. The van der Waals surface area contributed by atoms with E-state index in [0.29, 0.717) is 55.9 Å². The third-order valence-corrected chi connectivity index (χ3v) is 10.5. The number of nitrogens with one attached hydrogen (secondary N) is 5. The second-order valence-electron chi connectivity index (χ2n) is 15.5. The van der Waals surface area contributed by atoms with E-state index < -0.39 is 54.3 Å². The van der Waals surface area contributed by atoms with Gasteiger partial charge in [0.25, 0.3) is 23.6 Å². The molecule has 1 saturated carbocycles. The van der Waals surface area contributed by atoms with E-state index in [1.807, 2.05) is 18.2 Å². The van der Waals surface area contributed by atoms with Crippen LogP contribution in [0.1, 0.15) is 56.8 Å². The van der Waals surface area contributed by atoms with Gasteiger partial charge >= 0.3 is 0 Å². The van der Waals surface area contributed by atoms with Crippen LogP contribution in [0.4, 0.5) is 21.7 Å². The van der Waals surface area contributed by atoms with E-state index in [4.69, 9.17) is 28.4 Å². The lowest BCUT2D eigenvalue weighted by molar-refractivity contribution is -0.136. The van der Waals surface area contributed by atoms with Gasteiger partial charge in [0.05, 0.1) is 101 Å². The van der Waals surface area contributed by atoms with Crippen molar-refractivity contribution >= 4 is 63.7 Å². The highest BCUT2D eigenvalue weighted by Crippen LogP contribution is 2.34. The Kier molecular flexibility index (Phi) is 17.4. The lowest BCUT2D eigenvalue weighted by Crippen LogP contribution is -2.54. The van der Waals surface area contributed by atoms with Gasteiger partial charge in [-0.05, 0) is 49.6 Å². The number of benzene rings is 1. The van der Waals surface area contributed by atoms with Gasteiger partial charge in [-0.25, -0.2) is 14.4 Å². The predicted molar refractivity (Wildman–Crippen MR) is 237 cm³/mol. The van der Waals surface area contributed by atoms with Gasteiger partial charge in [-0.3, -0.25) is 44.0 Å². The Morgan fingerprint density at radius 1 is 0.821 bits per heavy atom. The minimum atomic E-state index is -1.43. The molecule has 2 atom stereocenters. The van der Waals surface area contributed by atoms with E-state index in [9.17, 15) is 33.2 Å². The van der Waals surface area contributed by atoms with Gasteiger partial charge in [-0.15, -0.1) is 0 Å². The predicted octanol–water partition coefficient (Wildman–Crippen LogP) is 2.09. The lowest BCUT2D eigenvalue weighted by atomic mass is 10.0. The molecule has 0 radical (unpaired) electrons. The number of rotatable bonds is 28. The fourth-order valence-electron chi connectivity index (χ4n) is 6.95. The summed E-state index contributed by atoms with van der Waals surface area (Å²) in [7, 11) is 0. The molecule has 21 nitrogen and oxygen atoms in total. The SMILES string of the molecule is O=C(COc1cccc2c1C(=O)N(C1CCC(=O)NC1=O)C2=O)NCCOCCOCCOCCOCCOCC(F)CNC(=O)c1cnc(Nc2ccc3cnccc3n2)cc1NC1CC1. The molecule has 2 fully saturated rings. The molecule has 0 spiro atoms. The number of hydrogen-bond acceptors (Lipinski definition) is 17. The third-order valence-electron chi connectivity index (χ3n) is 10.5. The zero-order valence-corrected chi connectivity index (χ0v) is 36.6. The third kappa shape index (κ3) is 13.9. The van der Waals surface area contributed by atoms with Crippen LogP contribution in [0.2, 0.25) is 0 Å². The van der Waals surface area contributed by atoms with Crippen LogP contribution in [0.15, 0.2) is 61.1 Å². The number of piperidine rings is 1. The number of anilines is 3. The fourth-order valence-corrected chi connectivity index (χ4v) is 6.95. The van der Waals surface area contributed by atoms with Crippen molar-refractivity contribution in [1.82, 2.24) is 35.8 Å². The zero-order chi connectivity index (χ0) is 47.0. The number of nitrogens with zero attached hydrogens (tertiary/aromatic N) is 4. The first-order chi connectivity index (χ1) is 32.6. The van der Waals surface area contributed by atoms with Crippen molar-refractivity contribution in [2.45, 2.75) is 43.9 Å². The number of pyridine rings is 3. The van der Waals surface area contributed by atoms with E-state index in [0.717, 1.165) is 28.6 Å². The molecule has 6 amide bonds. The minimum absolute atomic E-state index is 0.00204. The number of fused-ring (bicyclic) bond motifs is 2.